The standard InChI is InChI=1S/C28H29N5O7S/c1-36-20-11-17(12-21(37-2)25(20)35)15-29-30-24(34)16-41-28-32-31-27(33(28)19-9-7-6-8-10-19)18-13-22(38-3)26(40-5)23(14-18)39-4/h6-15H,16H2,1-5H3,(H2,29,30,34,35)/p+1. The molecular formula is C28H30N5O7S+. The fourth-order valence-electron chi connectivity index (χ4n) is 3.95. The predicted octanol–water partition coefficient (Wildman–Crippen LogP) is 3.34. The van der Waals surface area contributed by atoms with E-state index in [4.69, 9.17) is 23.7 Å². The van der Waals surface area contributed by atoms with E-state index in [1.54, 1.807) is 33.5 Å². The van der Waals surface area contributed by atoms with Gasteiger partial charge in [0, 0.05) is 5.56 Å². The van der Waals surface area contributed by atoms with Gasteiger partial charge in [-0.3, -0.25) is 4.79 Å². The lowest BCUT2D eigenvalue weighted by Gasteiger charge is -2.13. The van der Waals surface area contributed by atoms with Crippen LogP contribution in [0.4, 0.5) is 0 Å². The molecule has 12 nitrogen and oxygen atoms in total. The number of benzene rings is 3. The van der Waals surface area contributed by atoms with Gasteiger partial charge in [-0.05, 0) is 48.2 Å². The Kier molecular flexibility index (Phi) is 9.53. The highest BCUT2D eigenvalue weighted by Gasteiger charge is 2.27. The molecule has 0 aliphatic heterocycles. The molecule has 0 bridgehead atoms. The van der Waals surface area contributed by atoms with Gasteiger partial charge in [0.2, 0.25) is 11.5 Å². The number of aromatic amines is 1. The van der Waals surface area contributed by atoms with E-state index in [1.165, 1.54) is 32.2 Å². The second-order valence-electron chi connectivity index (χ2n) is 8.30. The monoisotopic (exact) mass is 580 g/mol. The molecule has 4 aromatic rings. The number of hydrogen-bond acceptors (Lipinski definition) is 10. The lowest BCUT2D eigenvalue weighted by atomic mass is 10.1. The highest BCUT2D eigenvalue weighted by atomic mass is 32.2. The van der Waals surface area contributed by atoms with Gasteiger partial charge >= 0.3 is 5.16 Å². The lowest BCUT2D eigenvalue weighted by Crippen LogP contribution is -2.34. The molecule has 1 heterocycles. The highest BCUT2D eigenvalue weighted by Crippen LogP contribution is 2.40. The number of aromatic hydroxyl groups is 1. The summed E-state index contributed by atoms with van der Waals surface area (Å²) < 4.78 is 28.7. The Morgan fingerprint density at radius 3 is 2.12 bits per heavy atom. The fourth-order valence-corrected chi connectivity index (χ4v) is 4.71. The maximum absolute atomic E-state index is 12.6. The largest absolute Gasteiger partial charge is 0.502 e. The highest BCUT2D eigenvalue weighted by molar-refractivity contribution is 7.99. The topological polar surface area (TPSA) is 140 Å². The summed E-state index contributed by atoms with van der Waals surface area (Å²) in [6.45, 7) is 0. The Labute approximate surface area is 240 Å². The van der Waals surface area contributed by atoms with Crippen molar-refractivity contribution in [1.82, 2.24) is 15.6 Å². The van der Waals surface area contributed by atoms with Crippen LogP contribution >= 0.6 is 11.8 Å². The third-order valence-electron chi connectivity index (χ3n) is 5.86. The number of methoxy groups -OCH3 is 5. The van der Waals surface area contributed by atoms with Gasteiger partial charge in [-0.25, -0.2) is 5.43 Å². The summed E-state index contributed by atoms with van der Waals surface area (Å²) >= 11 is 1.23. The SMILES string of the molecule is COc1cc(C=NNC(=O)CSc2n[nH]c(-c3cc(OC)c(OC)c(OC)c3)[n+]2-c2ccccc2)cc(OC)c1O. The van der Waals surface area contributed by atoms with Crippen LogP contribution < -0.4 is 33.7 Å². The molecule has 3 aromatic carbocycles. The first-order valence-electron chi connectivity index (χ1n) is 12.2. The van der Waals surface area contributed by atoms with Crippen molar-refractivity contribution < 1.29 is 38.2 Å². The number of ether oxygens (including phenoxy) is 5. The molecule has 0 aliphatic carbocycles. The molecule has 41 heavy (non-hydrogen) atoms. The molecule has 0 unspecified atom stereocenters. The molecule has 0 saturated heterocycles. The number of carbonyl (C=O) groups is 1. The third kappa shape index (κ3) is 6.47. The van der Waals surface area contributed by atoms with Crippen LogP contribution in [-0.2, 0) is 4.79 Å². The Morgan fingerprint density at radius 2 is 1.56 bits per heavy atom. The number of aromatic nitrogens is 3. The van der Waals surface area contributed by atoms with Crippen LogP contribution in [0.2, 0.25) is 0 Å². The number of amides is 1. The molecule has 0 saturated carbocycles. The van der Waals surface area contributed by atoms with Gasteiger partial charge in [-0.2, -0.15) is 9.67 Å². The van der Waals surface area contributed by atoms with Crippen molar-refractivity contribution in [3.8, 4) is 51.6 Å². The van der Waals surface area contributed by atoms with Crippen molar-refractivity contribution in [2.75, 3.05) is 41.3 Å². The first-order valence-corrected chi connectivity index (χ1v) is 13.2. The number of nitrogens with zero attached hydrogens (tertiary/aromatic N) is 3. The van der Waals surface area contributed by atoms with Crippen LogP contribution in [0.5, 0.6) is 34.5 Å². The van der Waals surface area contributed by atoms with Crippen LogP contribution in [-0.4, -0.2) is 68.7 Å². The van der Waals surface area contributed by atoms with E-state index in [0.29, 0.717) is 33.8 Å². The van der Waals surface area contributed by atoms with Crippen LogP contribution in [0, 0.1) is 0 Å². The summed E-state index contributed by atoms with van der Waals surface area (Å²) in [7, 11) is 7.51. The smallest absolute Gasteiger partial charge is 0.342 e. The van der Waals surface area contributed by atoms with Crippen LogP contribution in [0.25, 0.3) is 17.1 Å². The summed E-state index contributed by atoms with van der Waals surface area (Å²) in [6, 6.07) is 16.4. The molecule has 4 rings (SSSR count). The number of phenols is 1. The molecule has 1 aromatic heterocycles. The molecule has 0 radical (unpaired) electrons. The number of phenolic OH excluding ortho intramolecular Hbond substituents is 1. The van der Waals surface area contributed by atoms with Gasteiger partial charge < -0.3 is 28.8 Å². The van der Waals surface area contributed by atoms with Crippen molar-refractivity contribution in [1.29, 1.82) is 0 Å². The lowest BCUT2D eigenvalue weighted by molar-refractivity contribution is -0.625. The van der Waals surface area contributed by atoms with E-state index in [2.05, 4.69) is 20.7 Å². The second-order valence-corrected chi connectivity index (χ2v) is 9.24. The van der Waals surface area contributed by atoms with E-state index < -0.39 is 0 Å². The molecule has 0 fully saturated rings. The minimum atomic E-state index is -0.346. The van der Waals surface area contributed by atoms with Crippen molar-refractivity contribution in [2.45, 2.75) is 5.16 Å². The Morgan fingerprint density at radius 1 is 0.951 bits per heavy atom. The van der Waals surface area contributed by atoms with Crippen LogP contribution in [0.3, 0.4) is 0 Å². The second kappa shape index (κ2) is 13.4. The van der Waals surface area contributed by atoms with Crippen molar-refractivity contribution in [3.05, 3.63) is 60.2 Å². The van der Waals surface area contributed by atoms with E-state index in [-0.39, 0.29) is 28.9 Å². The molecule has 0 atom stereocenters. The number of nitrogens with one attached hydrogen (secondary N) is 2. The van der Waals surface area contributed by atoms with Crippen LogP contribution in [0.15, 0.2) is 64.9 Å². The minimum Gasteiger partial charge on any atom is -0.502 e. The zero-order chi connectivity index (χ0) is 29.4. The van der Waals surface area contributed by atoms with E-state index in [0.717, 1.165) is 11.3 Å². The normalized spacial score (nSPS) is 10.9. The van der Waals surface area contributed by atoms with Gasteiger partial charge in [0.05, 0.1) is 58.2 Å². The number of hydrazone groups is 1. The molecule has 3 N–H and O–H groups in total. The summed E-state index contributed by atoms with van der Waals surface area (Å²) in [5, 5.41) is 22.2. The van der Waals surface area contributed by atoms with E-state index >= 15 is 0 Å². The molecule has 0 spiro atoms. The summed E-state index contributed by atoms with van der Waals surface area (Å²) in [5.41, 5.74) is 4.63. The number of rotatable bonds is 12. The molecule has 0 aliphatic rings. The van der Waals surface area contributed by atoms with Gasteiger partial charge in [0.25, 0.3) is 11.7 Å². The third-order valence-corrected chi connectivity index (χ3v) is 6.80. The van der Waals surface area contributed by atoms with Gasteiger partial charge in [0.1, 0.15) is 5.69 Å². The molecular weight excluding hydrogens is 550 g/mol. The van der Waals surface area contributed by atoms with Crippen molar-refractivity contribution in [3.63, 3.8) is 0 Å². The first kappa shape index (κ1) is 29.1. The van der Waals surface area contributed by atoms with Gasteiger partial charge in [-0.1, -0.05) is 18.2 Å². The molecule has 214 valence electrons. The summed E-state index contributed by atoms with van der Waals surface area (Å²) in [6.07, 6.45) is 1.42. The Balaban J connectivity index is 1.56. The van der Waals surface area contributed by atoms with Crippen molar-refractivity contribution >= 4 is 23.9 Å². The zero-order valence-corrected chi connectivity index (χ0v) is 23.9. The Bertz CT molecular complexity index is 1490. The number of hydrogen-bond donors (Lipinski definition) is 3. The fraction of sp³-hybridized carbons (Fsp3) is 0.214. The van der Waals surface area contributed by atoms with Crippen LogP contribution in [0.1, 0.15) is 5.56 Å². The number of H-pyrrole nitrogens is 1. The first-order chi connectivity index (χ1) is 19.9. The predicted molar refractivity (Wildman–Crippen MR) is 153 cm³/mol. The quantitative estimate of drug-likeness (QED) is 0.0996. The molecule has 13 heteroatoms. The number of carbonyl (C=O) groups excluding carboxylic acids is 1. The maximum Gasteiger partial charge on any atom is 0.342 e. The summed E-state index contributed by atoms with van der Waals surface area (Å²) in [5.74, 6) is 2.11. The average molecular weight is 581 g/mol. The maximum atomic E-state index is 12.6. The zero-order valence-electron chi connectivity index (χ0n) is 23.1. The minimum absolute atomic E-state index is 0.0337. The van der Waals surface area contributed by atoms with Gasteiger partial charge in [-0.15, -0.1) is 5.10 Å². The Hall–Kier alpha value is -4.91. The van der Waals surface area contributed by atoms with Gasteiger partial charge in [0.15, 0.2) is 23.0 Å². The summed E-state index contributed by atoms with van der Waals surface area (Å²) in [4.78, 5) is 12.6. The number of thioether (sulfide) groups is 1. The number of para-hydroxylation sites is 1. The van der Waals surface area contributed by atoms with E-state index in [1.807, 2.05) is 47.0 Å². The average Bonchev–Trinajstić information content (AvgIpc) is 3.44. The molecule has 1 amide bonds. The van der Waals surface area contributed by atoms with Crippen molar-refractivity contribution in [2.24, 2.45) is 5.10 Å². The van der Waals surface area contributed by atoms with E-state index in [9.17, 15) is 9.90 Å².